The molecule has 0 bridgehead atoms. The molecule has 29 heavy (non-hydrogen) atoms. The Balaban J connectivity index is 1.56. The summed E-state index contributed by atoms with van der Waals surface area (Å²) in [6.07, 6.45) is 0. The Morgan fingerprint density at radius 1 is 0.828 bits per heavy atom. The van der Waals surface area contributed by atoms with Gasteiger partial charge in [-0.25, -0.2) is 0 Å². The fourth-order valence-electron chi connectivity index (χ4n) is 3.23. The topological polar surface area (TPSA) is 47.6 Å². The van der Waals surface area contributed by atoms with E-state index in [4.69, 9.17) is 9.47 Å². The predicted molar refractivity (Wildman–Crippen MR) is 116 cm³/mol. The minimum Gasteiger partial charge on any atom is -0.496 e. The third-order valence-corrected chi connectivity index (χ3v) is 4.71. The molecule has 0 aliphatic rings. The van der Waals surface area contributed by atoms with Gasteiger partial charge in [0.05, 0.1) is 7.11 Å². The minimum atomic E-state index is -0.176. The van der Waals surface area contributed by atoms with Gasteiger partial charge in [0.25, 0.3) is 5.91 Å². The second kappa shape index (κ2) is 8.48. The molecule has 4 nitrogen and oxygen atoms in total. The Morgan fingerprint density at radius 3 is 2.41 bits per heavy atom. The van der Waals surface area contributed by atoms with E-state index in [1.54, 1.807) is 19.2 Å². The third-order valence-electron chi connectivity index (χ3n) is 4.71. The maximum absolute atomic E-state index is 12.6. The summed E-state index contributed by atoms with van der Waals surface area (Å²) >= 11 is 0. The first-order valence-electron chi connectivity index (χ1n) is 9.38. The number of ether oxygens (including phenoxy) is 2. The summed E-state index contributed by atoms with van der Waals surface area (Å²) in [5, 5.41) is 5.07. The van der Waals surface area contributed by atoms with Crippen molar-refractivity contribution in [3.63, 3.8) is 0 Å². The van der Waals surface area contributed by atoms with Crippen molar-refractivity contribution in [2.75, 3.05) is 12.4 Å². The summed E-state index contributed by atoms with van der Waals surface area (Å²) in [6.45, 7) is 0.295. The van der Waals surface area contributed by atoms with Gasteiger partial charge in [0.1, 0.15) is 18.1 Å². The van der Waals surface area contributed by atoms with E-state index >= 15 is 0 Å². The van der Waals surface area contributed by atoms with E-state index in [1.807, 2.05) is 66.7 Å². The summed E-state index contributed by atoms with van der Waals surface area (Å²) < 4.78 is 11.6. The zero-order valence-electron chi connectivity index (χ0n) is 16.1. The molecular formula is C25H21NO3. The Kier molecular flexibility index (Phi) is 5.43. The van der Waals surface area contributed by atoms with E-state index in [-0.39, 0.29) is 5.91 Å². The summed E-state index contributed by atoms with van der Waals surface area (Å²) in [5.41, 5.74) is 2.11. The molecule has 4 heteroatoms. The number of anilines is 1. The Bertz CT molecular complexity index is 1130. The first-order valence-corrected chi connectivity index (χ1v) is 9.38. The second-order valence-electron chi connectivity index (χ2n) is 6.61. The smallest absolute Gasteiger partial charge is 0.255 e. The molecular weight excluding hydrogens is 362 g/mol. The van der Waals surface area contributed by atoms with Gasteiger partial charge < -0.3 is 14.8 Å². The van der Waals surface area contributed by atoms with Crippen LogP contribution < -0.4 is 14.8 Å². The zero-order valence-corrected chi connectivity index (χ0v) is 16.1. The number of para-hydroxylation sites is 1. The Labute approximate surface area is 169 Å². The molecule has 0 spiro atoms. The summed E-state index contributed by atoms with van der Waals surface area (Å²) in [4.78, 5) is 12.6. The quantitative estimate of drug-likeness (QED) is 0.466. The molecule has 4 aromatic rings. The molecule has 0 atom stereocenters. The molecule has 0 fully saturated rings. The standard InChI is InChI=1S/C25H21NO3/c1-28-23-15-14-19(25(27)26-21-10-3-2-4-11-21)16-20(23)17-29-24-13-7-9-18-8-5-6-12-22(18)24/h2-16H,17H2,1H3,(H,26,27). The van der Waals surface area contributed by atoms with Gasteiger partial charge in [-0.15, -0.1) is 0 Å². The Hall–Kier alpha value is -3.79. The fraction of sp³-hybridized carbons (Fsp3) is 0.0800. The highest BCUT2D eigenvalue weighted by Crippen LogP contribution is 2.28. The van der Waals surface area contributed by atoms with Gasteiger partial charge in [-0.2, -0.15) is 0 Å². The van der Waals surface area contributed by atoms with Gasteiger partial charge in [-0.1, -0.05) is 54.6 Å². The average molecular weight is 383 g/mol. The number of carbonyl (C=O) groups excluding carboxylic acids is 1. The molecule has 0 radical (unpaired) electrons. The maximum atomic E-state index is 12.6. The van der Waals surface area contributed by atoms with Crippen LogP contribution in [0.2, 0.25) is 0 Å². The van der Waals surface area contributed by atoms with E-state index in [9.17, 15) is 4.79 Å². The van der Waals surface area contributed by atoms with Crippen LogP contribution in [0.4, 0.5) is 5.69 Å². The molecule has 1 N–H and O–H groups in total. The lowest BCUT2D eigenvalue weighted by Crippen LogP contribution is -2.12. The van der Waals surface area contributed by atoms with E-state index in [0.29, 0.717) is 17.9 Å². The molecule has 0 saturated heterocycles. The fourth-order valence-corrected chi connectivity index (χ4v) is 3.23. The first kappa shape index (κ1) is 18.6. The molecule has 4 rings (SSSR count). The lowest BCUT2D eigenvalue weighted by atomic mass is 10.1. The molecule has 0 heterocycles. The lowest BCUT2D eigenvalue weighted by molar-refractivity contribution is 0.102. The largest absolute Gasteiger partial charge is 0.496 e. The van der Waals surface area contributed by atoms with Crippen molar-refractivity contribution >= 4 is 22.4 Å². The highest BCUT2D eigenvalue weighted by atomic mass is 16.5. The number of carbonyl (C=O) groups is 1. The van der Waals surface area contributed by atoms with Crippen LogP contribution in [0.15, 0.2) is 91.0 Å². The molecule has 0 aliphatic heterocycles. The van der Waals surface area contributed by atoms with Gasteiger partial charge in [0, 0.05) is 22.2 Å². The molecule has 0 aromatic heterocycles. The number of hydrogen-bond acceptors (Lipinski definition) is 3. The van der Waals surface area contributed by atoms with Crippen LogP contribution in [0.3, 0.4) is 0 Å². The first-order chi connectivity index (χ1) is 14.2. The number of methoxy groups -OCH3 is 1. The van der Waals surface area contributed by atoms with Crippen molar-refractivity contribution in [3.05, 3.63) is 102 Å². The Morgan fingerprint density at radius 2 is 1.59 bits per heavy atom. The maximum Gasteiger partial charge on any atom is 0.255 e. The number of hydrogen-bond donors (Lipinski definition) is 1. The minimum absolute atomic E-state index is 0.176. The number of amides is 1. The highest BCUT2D eigenvalue weighted by Gasteiger charge is 2.12. The SMILES string of the molecule is COc1ccc(C(=O)Nc2ccccc2)cc1COc1cccc2ccccc12. The number of benzene rings is 4. The lowest BCUT2D eigenvalue weighted by Gasteiger charge is -2.13. The monoisotopic (exact) mass is 383 g/mol. The van der Waals surface area contributed by atoms with Crippen LogP contribution in [0.1, 0.15) is 15.9 Å². The van der Waals surface area contributed by atoms with Crippen LogP contribution in [0.5, 0.6) is 11.5 Å². The number of fused-ring (bicyclic) bond motifs is 1. The third kappa shape index (κ3) is 4.22. The van der Waals surface area contributed by atoms with E-state index in [0.717, 1.165) is 27.8 Å². The predicted octanol–water partition coefficient (Wildman–Crippen LogP) is 5.68. The van der Waals surface area contributed by atoms with E-state index in [1.165, 1.54) is 0 Å². The van der Waals surface area contributed by atoms with Gasteiger partial charge in [-0.3, -0.25) is 4.79 Å². The van der Waals surface area contributed by atoms with E-state index < -0.39 is 0 Å². The van der Waals surface area contributed by atoms with Gasteiger partial charge in [0.15, 0.2) is 0 Å². The van der Waals surface area contributed by atoms with Crippen LogP contribution >= 0.6 is 0 Å². The molecule has 0 saturated carbocycles. The summed E-state index contributed by atoms with van der Waals surface area (Å²) in [5.74, 6) is 1.30. The van der Waals surface area contributed by atoms with Crippen molar-refractivity contribution in [2.24, 2.45) is 0 Å². The van der Waals surface area contributed by atoms with Crippen LogP contribution in [0.25, 0.3) is 10.8 Å². The summed E-state index contributed by atoms with van der Waals surface area (Å²) in [7, 11) is 1.61. The van der Waals surface area contributed by atoms with Crippen molar-refractivity contribution in [3.8, 4) is 11.5 Å². The number of nitrogens with one attached hydrogen (secondary N) is 1. The van der Waals surface area contributed by atoms with Gasteiger partial charge >= 0.3 is 0 Å². The molecule has 1 amide bonds. The highest BCUT2D eigenvalue weighted by molar-refractivity contribution is 6.04. The van der Waals surface area contributed by atoms with Gasteiger partial charge in [-0.05, 0) is 41.8 Å². The average Bonchev–Trinajstić information content (AvgIpc) is 2.78. The van der Waals surface area contributed by atoms with Gasteiger partial charge in [0.2, 0.25) is 0 Å². The molecule has 0 aliphatic carbocycles. The molecule has 0 unspecified atom stereocenters. The number of rotatable bonds is 6. The molecule has 144 valence electrons. The van der Waals surface area contributed by atoms with E-state index in [2.05, 4.69) is 17.4 Å². The normalized spacial score (nSPS) is 10.5. The van der Waals surface area contributed by atoms with Crippen molar-refractivity contribution in [1.82, 2.24) is 0 Å². The second-order valence-corrected chi connectivity index (χ2v) is 6.61. The molecule has 4 aromatic carbocycles. The zero-order chi connectivity index (χ0) is 20.1. The van der Waals surface area contributed by atoms with Crippen molar-refractivity contribution in [1.29, 1.82) is 0 Å². The van der Waals surface area contributed by atoms with Crippen LogP contribution in [-0.2, 0) is 6.61 Å². The van der Waals surface area contributed by atoms with Crippen molar-refractivity contribution < 1.29 is 14.3 Å². The summed E-state index contributed by atoms with van der Waals surface area (Å²) in [6, 6.07) is 28.8. The van der Waals surface area contributed by atoms with Crippen molar-refractivity contribution in [2.45, 2.75) is 6.61 Å². The van der Waals surface area contributed by atoms with Crippen LogP contribution in [0, 0.1) is 0 Å². The van der Waals surface area contributed by atoms with Crippen LogP contribution in [-0.4, -0.2) is 13.0 Å².